The third-order valence-corrected chi connectivity index (χ3v) is 3.08. The Bertz CT molecular complexity index is 414. The van der Waals surface area contributed by atoms with Crippen molar-refractivity contribution in [3.63, 3.8) is 0 Å². The van der Waals surface area contributed by atoms with Crippen molar-refractivity contribution in [1.82, 2.24) is 5.32 Å². The fraction of sp³-hybridized carbons (Fsp3) is 0.533. The molecule has 0 fully saturated rings. The molecular formula is C15H23NO3. The van der Waals surface area contributed by atoms with Gasteiger partial charge in [0.05, 0.1) is 12.6 Å². The summed E-state index contributed by atoms with van der Waals surface area (Å²) >= 11 is 0. The maximum absolute atomic E-state index is 12.3. The van der Waals surface area contributed by atoms with Crippen molar-refractivity contribution in [3.05, 3.63) is 34.4 Å². The summed E-state index contributed by atoms with van der Waals surface area (Å²) in [4.78, 5) is 12.3. The molecule has 4 heteroatoms. The highest BCUT2D eigenvalue weighted by molar-refractivity contribution is 5.97. The molecule has 0 saturated heterocycles. The quantitative estimate of drug-likeness (QED) is 0.823. The molecule has 0 saturated carbocycles. The number of aryl methyl sites for hydroxylation is 3. The number of ether oxygens (including phenoxy) is 1. The first kappa shape index (κ1) is 15.7. The van der Waals surface area contributed by atoms with Crippen molar-refractivity contribution in [2.24, 2.45) is 0 Å². The maximum atomic E-state index is 12.3. The summed E-state index contributed by atoms with van der Waals surface area (Å²) in [5, 5.41) is 11.9. The Kier molecular flexibility index (Phi) is 5.99. The van der Waals surface area contributed by atoms with Gasteiger partial charge in [-0.15, -0.1) is 0 Å². The zero-order valence-corrected chi connectivity index (χ0v) is 12.1. The van der Waals surface area contributed by atoms with Crippen LogP contribution in [0.15, 0.2) is 12.1 Å². The number of carbonyl (C=O) groups is 1. The van der Waals surface area contributed by atoms with Gasteiger partial charge in [0.1, 0.15) is 0 Å². The van der Waals surface area contributed by atoms with E-state index in [0.717, 1.165) is 16.7 Å². The van der Waals surface area contributed by atoms with Gasteiger partial charge >= 0.3 is 0 Å². The molecule has 0 radical (unpaired) electrons. The Hall–Kier alpha value is -1.39. The normalized spacial score (nSPS) is 12.3. The third kappa shape index (κ3) is 4.33. The fourth-order valence-electron chi connectivity index (χ4n) is 2.35. The number of hydrogen-bond donors (Lipinski definition) is 2. The van der Waals surface area contributed by atoms with Gasteiger partial charge in [-0.25, -0.2) is 0 Å². The molecule has 0 aromatic heterocycles. The van der Waals surface area contributed by atoms with Gasteiger partial charge in [0.15, 0.2) is 0 Å². The van der Waals surface area contributed by atoms with Gasteiger partial charge in [-0.05, 0) is 38.3 Å². The highest BCUT2D eigenvalue weighted by Gasteiger charge is 2.17. The van der Waals surface area contributed by atoms with E-state index in [1.54, 1.807) is 7.11 Å². The third-order valence-electron chi connectivity index (χ3n) is 3.08. The van der Waals surface area contributed by atoms with E-state index in [1.165, 1.54) is 0 Å². The highest BCUT2D eigenvalue weighted by Crippen LogP contribution is 2.16. The van der Waals surface area contributed by atoms with Gasteiger partial charge in [0.2, 0.25) is 0 Å². The summed E-state index contributed by atoms with van der Waals surface area (Å²) in [6.45, 7) is 6.32. The van der Waals surface area contributed by atoms with E-state index < -0.39 is 0 Å². The zero-order chi connectivity index (χ0) is 14.4. The van der Waals surface area contributed by atoms with E-state index in [1.807, 2.05) is 32.9 Å². The van der Waals surface area contributed by atoms with Gasteiger partial charge < -0.3 is 15.2 Å². The van der Waals surface area contributed by atoms with Crippen LogP contribution in [0.2, 0.25) is 0 Å². The lowest BCUT2D eigenvalue weighted by Crippen LogP contribution is -2.39. The largest absolute Gasteiger partial charge is 0.396 e. The number of carbonyl (C=O) groups excluding carboxylic acids is 1. The van der Waals surface area contributed by atoms with Crippen molar-refractivity contribution in [2.75, 3.05) is 20.3 Å². The smallest absolute Gasteiger partial charge is 0.252 e. The second-order valence-electron chi connectivity index (χ2n) is 4.91. The summed E-state index contributed by atoms with van der Waals surface area (Å²) < 4.78 is 5.05. The number of methoxy groups -OCH3 is 1. The number of amides is 1. The molecule has 0 bridgehead atoms. The number of aliphatic hydroxyl groups excluding tert-OH is 1. The first-order valence-corrected chi connectivity index (χ1v) is 6.48. The molecule has 4 nitrogen and oxygen atoms in total. The summed E-state index contributed by atoms with van der Waals surface area (Å²) in [5.74, 6) is -0.106. The lowest BCUT2D eigenvalue weighted by atomic mass is 9.99. The van der Waals surface area contributed by atoms with E-state index in [9.17, 15) is 4.79 Å². The number of rotatable bonds is 6. The molecule has 1 rings (SSSR count). The Morgan fingerprint density at radius 3 is 2.37 bits per heavy atom. The molecule has 1 unspecified atom stereocenters. The van der Waals surface area contributed by atoms with Crippen molar-refractivity contribution in [3.8, 4) is 0 Å². The first-order chi connectivity index (χ1) is 8.99. The highest BCUT2D eigenvalue weighted by atomic mass is 16.5. The molecule has 1 aromatic rings. The van der Waals surface area contributed by atoms with Crippen LogP contribution < -0.4 is 5.32 Å². The van der Waals surface area contributed by atoms with Crippen LogP contribution >= 0.6 is 0 Å². The average Bonchev–Trinajstić information content (AvgIpc) is 2.27. The molecule has 2 N–H and O–H groups in total. The Labute approximate surface area is 114 Å². The molecule has 0 aliphatic rings. The Balaban J connectivity index is 2.88. The fourth-order valence-corrected chi connectivity index (χ4v) is 2.35. The minimum Gasteiger partial charge on any atom is -0.396 e. The van der Waals surface area contributed by atoms with Crippen LogP contribution in [0, 0.1) is 20.8 Å². The molecule has 0 aliphatic heterocycles. The van der Waals surface area contributed by atoms with Crippen molar-refractivity contribution < 1.29 is 14.6 Å². The molecule has 0 aliphatic carbocycles. The lowest BCUT2D eigenvalue weighted by molar-refractivity contribution is 0.0877. The summed E-state index contributed by atoms with van der Waals surface area (Å²) in [7, 11) is 1.58. The van der Waals surface area contributed by atoms with Crippen LogP contribution in [0.4, 0.5) is 0 Å². The molecule has 0 heterocycles. The van der Waals surface area contributed by atoms with E-state index in [2.05, 4.69) is 5.32 Å². The van der Waals surface area contributed by atoms with E-state index in [0.29, 0.717) is 18.6 Å². The summed E-state index contributed by atoms with van der Waals surface area (Å²) in [6, 6.07) is 3.83. The standard InChI is InChI=1S/C15H23NO3/c1-10-7-11(2)14(12(3)8-10)15(18)16-13(5-6-17)9-19-4/h7-8,13,17H,5-6,9H2,1-4H3,(H,16,18). The van der Waals surface area contributed by atoms with Crippen molar-refractivity contribution in [2.45, 2.75) is 33.2 Å². The molecule has 0 spiro atoms. The van der Waals surface area contributed by atoms with Crippen LogP contribution in [-0.4, -0.2) is 37.4 Å². The topological polar surface area (TPSA) is 58.6 Å². The van der Waals surface area contributed by atoms with E-state index >= 15 is 0 Å². The van der Waals surface area contributed by atoms with E-state index in [-0.39, 0.29) is 18.6 Å². The second-order valence-corrected chi connectivity index (χ2v) is 4.91. The Morgan fingerprint density at radius 1 is 1.32 bits per heavy atom. The minimum absolute atomic E-state index is 0.0279. The van der Waals surface area contributed by atoms with E-state index in [4.69, 9.17) is 9.84 Å². The van der Waals surface area contributed by atoms with Gasteiger partial charge in [0, 0.05) is 19.3 Å². The van der Waals surface area contributed by atoms with Gasteiger partial charge in [-0.3, -0.25) is 4.79 Å². The predicted octanol–water partition coefficient (Wildman–Crippen LogP) is 1.74. The van der Waals surface area contributed by atoms with Crippen LogP contribution in [-0.2, 0) is 4.74 Å². The van der Waals surface area contributed by atoms with Crippen LogP contribution in [0.5, 0.6) is 0 Å². The molecule has 106 valence electrons. The predicted molar refractivity (Wildman–Crippen MR) is 75.5 cm³/mol. The molecular weight excluding hydrogens is 242 g/mol. The van der Waals surface area contributed by atoms with Crippen molar-refractivity contribution in [1.29, 1.82) is 0 Å². The summed E-state index contributed by atoms with van der Waals surface area (Å²) in [5.41, 5.74) is 3.80. The molecule has 19 heavy (non-hydrogen) atoms. The lowest BCUT2D eigenvalue weighted by Gasteiger charge is -2.19. The van der Waals surface area contributed by atoms with Crippen molar-refractivity contribution >= 4 is 5.91 Å². The number of aliphatic hydroxyl groups is 1. The van der Waals surface area contributed by atoms with Gasteiger partial charge in [0.25, 0.3) is 5.91 Å². The number of hydrogen-bond acceptors (Lipinski definition) is 3. The number of nitrogens with one attached hydrogen (secondary N) is 1. The zero-order valence-electron chi connectivity index (χ0n) is 12.1. The second kappa shape index (κ2) is 7.26. The molecule has 1 atom stereocenters. The van der Waals surface area contributed by atoms with Crippen LogP contribution in [0.3, 0.4) is 0 Å². The van der Waals surface area contributed by atoms with Gasteiger partial charge in [-0.1, -0.05) is 17.7 Å². The average molecular weight is 265 g/mol. The molecule has 1 aromatic carbocycles. The molecule has 1 amide bonds. The number of benzene rings is 1. The SMILES string of the molecule is COCC(CCO)NC(=O)c1c(C)cc(C)cc1C. The van der Waals surface area contributed by atoms with Crippen LogP contribution in [0.1, 0.15) is 33.5 Å². The monoisotopic (exact) mass is 265 g/mol. The first-order valence-electron chi connectivity index (χ1n) is 6.48. The Morgan fingerprint density at radius 2 is 1.89 bits per heavy atom. The summed E-state index contributed by atoms with van der Waals surface area (Å²) in [6.07, 6.45) is 0.490. The van der Waals surface area contributed by atoms with Gasteiger partial charge in [-0.2, -0.15) is 0 Å². The van der Waals surface area contributed by atoms with Crippen LogP contribution in [0.25, 0.3) is 0 Å². The minimum atomic E-state index is -0.164. The maximum Gasteiger partial charge on any atom is 0.252 e.